The highest BCUT2D eigenvalue weighted by Crippen LogP contribution is 2.21. The molecule has 128 valence electrons. The number of para-hydroxylation sites is 1. The van der Waals surface area contributed by atoms with Crippen LogP contribution in [0.5, 0.6) is 5.88 Å². The maximum Gasteiger partial charge on any atom is 0.338 e. The summed E-state index contributed by atoms with van der Waals surface area (Å²) in [6, 6.07) is 7.84. The van der Waals surface area contributed by atoms with Gasteiger partial charge in [-0.05, 0) is 12.1 Å². The zero-order chi connectivity index (χ0) is 17.9. The molecule has 0 saturated carbocycles. The molecule has 0 saturated heterocycles. The Morgan fingerprint density at radius 3 is 2.33 bits per heavy atom. The number of hydrogen-bond donors (Lipinski definition) is 2. The molecule has 10 nitrogen and oxygen atoms in total. The summed E-state index contributed by atoms with van der Waals surface area (Å²) in [5, 5.41) is 17.0. The molecule has 2 rings (SSSR count). The van der Waals surface area contributed by atoms with Crippen molar-refractivity contribution in [1.29, 1.82) is 0 Å². The second-order valence-electron chi connectivity index (χ2n) is 4.67. The number of azo groups is 1. The number of aromatic hydroxyl groups is 1. The third-order valence-electron chi connectivity index (χ3n) is 3.08. The fourth-order valence-electron chi connectivity index (χ4n) is 2.03. The Morgan fingerprint density at radius 2 is 1.79 bits per heavy atom. The van der Waals surface area contributed by atoms with E-state index >= 15 is 0 Å². The van der Waals surface area contributed by atoms with Crippen molar-refractivity contribution in [2.24, 2.45) is 10.2 Å². The normalized spacial score (nSPS) is 11.9. The van der Waals surface area contributed by atoms with Gasteiger partial charge in [0.05, 0.1) is 11.4 Å². The molecule has 0 aliphatic rings. The van der Waals surface area contributed by atoms with E-state index in [2.05, 4.69) is 10.2 Å². The zero-order valence-electron chi connectivity index (χ0n) is 12.5. The summed E-state index contributed by atoms with van der Waals surface area (Å²) in [7, 11) is -3.12. The Labute approximate surface area is 136 Å². The predicted molar refractivity (Wildman–Crippen MR) is 84.8 cm³/mol. The van der Waals surface area contributed by atoms with Gasteiger partial charge < -0.3 is 5.11 Å². The van der Waals surface area contributed by atoms with Crippen molar-refractivity contribution >= 4 is 15.8 Å². The first-order chi connectivity index (χ1) is 11.3. The Balaban J connectivity index is 2.79. The topological polar surface area (TPSA) is 143 Å². The van der Waals surface area contributed by atoms with Crippen molar-refractivity contribution in [3.8, 4) is 11.6 Å². The second kappa shape index (κ2) is 6.76. The van der Waals surface area contributed by atoms with Gasteiger partial charge in [-0.3, -0.25) is 13.9 Å². The van der Waals surface area contributed by atoms with Gasteiger partial charge in [0, 0.05) is 13.6 Å². The van der Waals surface area contributed by atoms with Gasteiger partial charge in [-0.2, -0.15) is 13.5 Å². The molecule has 0 amide bonds. The molecule has 0 unspecified atom stereocenters. The molecule has 0 bridgehead atoms. The number of rotatable bonds is 5. The van der Waals surface area contributed by atoms with Gasteiger partial charge in [-0.25, -0.2) is 9.36 Å². The quantitative estimate of drug-likeness (QED) is 0.584. The molecule has 0 atom stereocenters. The van der Waals surface area contributed by atoms with Crippen LogP contribution in [0.4, 0.5) is 5.69 Å². The fraction of sp³-hybridized carbons (Fsp3) is 0.231. The summed E-state index contributed by atoms with van der Waals surface area (Å²) in [5.41, 5.74) is -2.18. The average Bonchev–Trinajstić information content (AvgIpc) is 2.51. The van der Waals surface area contributed by atoms with Crippen molar-refractivity contribution in [1.82, 2.24) is 9.13 Å². The van der Waals surface area contributed by atoms with E-state index in [9.17, 15) is 23.1 Å². The van der Waals surface area contributed by atoms with E-state index in [0.29, 0.717) is 4.57 Å². The summed E-state index contributed by atoms with van der Waals surface area (Å²) >= 11 is 0. The molecule has 24 heavy (non-hydrogen) atoms. The van der Waals surface area contributed by atoms with E-state index in [0.717, 1.165) is 4.57 Å². The van der Waals surface area contributed by atoms with Gasteiger partial charge in [0.2, 0.25) is 11.6 Å². The van der Waals surface area contributed by atoms with Crippen LogP contribution in [-0.2, 0) is 16.7 Å². The van der Waals surface area contributed by atoms with Gasteiger partial charge in [0.1, 0.15) is 0 Å². The molecule has 0 aliphatic heterocycles. The van der Waals surface area contributed by atoms with Crippen LogP contribution in [0.1, 0.15) is 0 Å². The lowest BCUT2D eigenvalue weighted by Gasteiger charge is -2.13. The van der Waals surface area contributed by atoms with Crippen LogP contribution in [0.15, 0.2) is 50.1 Å². The number of nitrogens with zero attached hydrogens (tertiary/aromatic N) is 4. The number of benzene rings is 1. The standard InChI is InChI=1S/C13H14N4O6S/c1-14-15-10-11(18)16(7-8-24(21,22)23)13(20)17(12(10)19)9-5-3-2-4-6-9/h2-6,18H,7-8H2,1H3,(H,21,22,23)/b15-14-. The lowest BCUT2D eigenvalue weighted by molar-refractivity contribution is 0.401. The van der Waals surface area contributed by atoms with Crippen LogP contribution in [0.3, 0.4) is 0 Å². The van der Waals surface area contributed by atoms with Gasteiger partial charge in [0.25, 0.3) is 15.7 Å². The minimum absolute atomic E-state index is 0.209. The summed E-state index contributed by atoms with van der Waals surface area (Å²) in [4.78, 5) is 24.9. The van der Waals surface area contributed by atoms with Crippen LogP contribution in [0, 0.1) is 0 Å². The van der Waals surface area contributed by atoms with Gasteiger partial charge in [0.15, 0.2) is 0 Å². The maximum absolute atomic E-state index is 12.5. The van der Waals surface area contributed by atoms with E-state index in [1.54, 1.807) is 18.2 Å². The van der Waals surface area contributed by atoms with Crippen molar-refractivity contribution < 1.29 is 18.1 Å². The summed E-state index contributed by atoms with van der Waals surface area (Å²) in [6.45, 7) is -0.567. The molecular weight excluding hydrogens is 340 g/mol. The van der Waals surface area contributed by atoms with Crippen molar-refractivity contribution in [2.75, 3.05) is 12.8 Å². The molecule has 2 aromatic rings. The second-order valence-corrected chi connectivity index (χ2v) is 6.24. The smallest absolute Gasteiger partial charge is 0.338 e. The molecule has 11 heteroatoms. The lowest BCUT2D eigenvalue weighted by atomic mass is 10.3. The predicted octanol–water partition coefficient (Wildman–Crippen LogP) is 0.306. The zero-order valence-corrected chi connectivity index (χ0v) is 13.3. The molecule has 1 heterocycles. The van der Waals surface area contributed by atoms with E-state index < -0.39 is 45.2 Å². The van der Waals surface area contributed by atoms with E-state index in [4.69, 9.17) is 4.55 Å². The third kappa shape index (κ3) is 3.58. The Kier molecular flexibility index (Phi) is 4.95. The van der Waals surface area contributed by atoms with Crippen LogP contribution in [0.2, 0.25) is 0 Å². The fourth-order valence-corrected chi connectivity index (χ4v) is 2.44. The van der Waals surface area contributed by atoms with Crippen LogP contribution < -0.4 is 11.2 Å². The molecule has 2 N–H and O–H groups in total. The molecule has 1 aromatic carbocycles. The Hall–Kier alpha value is -2.79. The SMILES string of the molecule is C/N=N\c1c(O)n(CCS(=O)(=O)O)c(=O)n(-c2ccccc2)c1=O. The average molecular weight is 354 g/mol. The van der Waals surface area contributed by atoms with E-state index in [1.807, 2.05) is 0 Å². The number of aromatic nitrogens is 2. The van der Waals surface area contributed by atoms with Crippen LogP contribution >= 0.6 is 0 Å². The largest absolute Gasteiger partial charge is 0.493 e. The highest BCUT2D eigenvalue weighted by Gasteiger charge is 2.20. The first kappa shape index (κ1) is 17.6. The Bertz CT molecular complexity index is 992. The summed E-state index contributed by atoms with van der Waals surface area (Å²) < 4.78 is 32.0. The molecule has 0 aliphatic carbocycles. The van der Waals surface area contributed by atoms with E-state index in [1.165, 1.54) is 19.2 Å². The van der Waals surface area contributed by atoms with Crippen molar-refractivity contribution in [3.63, 3.8) is 0 Å². The van der Waals surface area contributed by atoms with E-state index in [-0.39, 0.29) is 5.69 Å². The monoisotopic (exact) mass is 354 g/mol. The summed E-state index contributed by atoms with van der Waals surface area (Å²) in [6.07, 6.45) is 0. The minimum atomic E-state index is -4.38. The van der Waals surface area contributed by atoms with Crippen LogP contribution in [0.25, 0.3) is 5.69 Å². The van der Waals surface area contributed by atoms with Gasteiger partial charge in [-0.15, -0.1) is 5.11 Å². The molecule has 0 radical (unpaired) electrons. The highest BCUT2D eigenvalue weighted by atomic mass is 32.2. The molecule has 0 fully saturated rings. The van der Waals surface area contributed by atoms with Gasteiger partial charge in [-0.1, -0.05) is 18.2 Å². The third-order valence-corrected chi connectivity index (χ3v) is 3.78. The maximum atomic E-state index is 12.5. The lowest BCUT2D eigenvalue weighted by Crippen LogP contribution is -2.39. The van der Waals surface area contributed by atoms with Crippen molar-refractivity contribution in [2.45, 2.75) is 6.54 Å². The Morgan fingerprint density at radius 1 is 1.17 bits per heavy atom. The molecular formula is C13H14N4O6S. The number of hydrogen-bond acceptors (Lipinski definition) is 7. The minimum Gasteiger partial charge on any atom is -0.493 e. The van der Waals surface area contributed by atoms with Crippen LogP contribution in [-0.4, -0.2) is 40.0 Å². The van der Waals surface area contributed by atoms with Gasteiger partial charge >= 0.3 is 5.69 Å². The first-order valence-electron chi connectivity index (χ1n) is 6.65. The van der Waals surface area contributed by atoms with Crippen molar-refractivity contribution in [3.05, 3.63) is 51.2 Å². The molecule has 0 spiro atoms. The highest BCUT2D eigenvalue weighted by molar-refractivity contribution is 7.85. The first-order valence-corrected chi connectivity index (χ1v) is 8.26. The summed E-state index contributed by atoms with van der Waals surface area (Å²) in [5.74, 6) is -1.65. The molecule has 1 aromatic heterocycles.